The Morgan fingerprint density at radius 2 is 1.86 bits per heavy atom. The maximum absolute atomic E-state index is 12.2. The number of carbonyl (C=O) groups is 1. The molecule has 1 aliphatic heterocycles. The Morgan fingerprint density at radius 1 is 1.18 bits per heavy atom. The van der Waals surface area contributed by atoms with E-state index in [1.165, 1.54) is 0 Å². The molecule has 156 valence electrons. The van der Waals surface area contributed by atoms with Crippen LogP contribution in [-0.2, 0) is 4.79 Å². The van der Waals surface area contributed by atoms with Crippen LogP contribution in [0.25, 0.3) is 11.4 Å². The fourth-order valence-corrected chi connectivity index (χ4v) is 3.20. The number of hydrogen-bond acceptors (Lipinski definition) is 6. The minimum Gasteiger partial charge on any atom is -0.340 e. The van der Waals surface area contributed by atoms with Crippen LogP contribution in [0.2, 0.25) is 0 Å². The van der Waals surface area contributed by atoms with Crippen molar-refractivity contribution in [2.75, 3.05) is 39.8 Å². The Morgan fingerprint density at radius 3 is 2.50 bits per heavy atom. The van der Waals surface area contributed by atoms with Gasteiger partial charge in [-0.2, -0.15) is 4.98 Å². The predicted molar refractivity (Wildman–Crippen MR) is 114 cm³/mol. The highest BCUT2D eigenvalue weighted by Crippen LogP contribution is 2.23. The zero-order valence-corrected chi connectivity index (χ0v) is 18.0. The topological polar surface area (TPSA) is 74.5 Å². The zero-order chi connectivity index (χ0) is 18.4. The Hall–Kier alpha value is -1.67. The van der Waals surface area contributed by atoms with Gasteiger partial charge < -0.3 is 14.7 Å². The van der Waals surface area contributed by atoms with E-state index in [4.69, 9.17) is 4.52 Å². The van der Waals surface area contributed by atoms with Gasteiger partial charge >= 0.3 is 0 Å². The van der Waals surface area contributed by atoms with E-state index in [9.17, 15) is 4.79 Å². The fourth-order valence-electron chi connectivity index (χ4n) is 3.20. The first kappa shape index (κ1) is 24.4. The summed E-state index contributed by atoms with van der Waals surface area (Å²) in [6.45, 7) is 6.10. The van der Waals surface area contributed by atoms with Gasteiger partial charge in [0, 0.05) is 38.2 Å². The van der Waals surface area contributed by atoms with E-state index in [1.807, 2.05) is 42.3 Å². The lowest BCUT2D eigenvalue weighted by Gasteiger charge is -2.36. The number of hydrogen-bond donors (Lipinski definition) is 1. The minimum absolute atomic E-state index is 0. The second-order valence-electron chi connectivity index (χ2n) is 6.62. The molecule has 0 spiro atoms. The molecule has 0 saturated carbocycles. The molecule has 3 rings (SSSR count). The number of nitrogens with zero attached hydrogens (tertiary/aromatic N) is 4. The van der Waals surface area contributed by atoms with E-state index in [-0.39, 0.29) is 36.8 Å². The van der Waals surface area contributed by atoms with E-state index >= 15 is 0 Å². The van der Waals surface area contributed by atoms with E-state index in [2.05, 4.69) is 27.3 Å². The molecule has 1 aliphatic rings. The van der Waals surface area contributed by atoms with Gasteiger partial charge in [0.25, 0.3) is 0 Å². The molecule has 0 aliphatic carbocycles. The lowest BCUT2D eigenvalue weighted by atomic mass is 10.2. The Kier molecular flexibility index (Phi) is 10.5. The summed E-state index contributed by atoms with van der Waals surface area (Å²) in [6, 6.07) is 9.87. The van der Waals surface area contributed by atoms with E-state index in [0.29, 0.717) is 18.1 Å². The highest BCUT2D eigenvalue weighted by atomic mass is 35.5. The number of amides is 1. The van der Waals surface area contributed by atoms with Gasteiger partial charge in [-0.1, -0.05) is 35.5 Å². The Bertz CT molecular complexity index is 705. The third-order valence-corrected chi connectivity index (χ3v) is 4.86. The normalized spacial score (nSPS) is 15.4. The van der Waals surface area contributed by atoms with Gasteiger partial charge in [-0.25, -0.2) is 0 Å². The number of nitrogens with one attached hydrogen (secondary N) is 1. The first-order valence-electron chi connectivity index (χ1n) is 9.24. The number of carbonyl (C=O) groups excluding carboxylic acids is 1. The number of aromatic nitrogens is 2. The molecule has 2 heterocycles. The van der Waals surface area contributed by atoms with Crippen molar-refractivity contribution in [2.45, 2.75) is 25.8 Å². The predicted octanol–water partition coefficient (Wildman–Crippen LogP) is 2.79. The number of piperazine rings is 1. The quantitative estimate of drug-likeness (QED) is 0.681. The second-order valence-corrected chi connectivity index (χ2v) is 6.62. The van der Waals surface area contributed by atoms with Crippen LogP contribution in [0.3, 0.4) is 0 Å². The van der Waals surface area contributed by atoms with Crippen LogP contribution in [0.4, 0.5) is 0 Å². The maximum Gasteiger partial charge on any atom is 0.244 e. The number of halogens is 2. The highest BCUT2D eigenvalue weighted by Gasteiger charge is 2.27. The molecular weight excluding hydrogens is 401 g/mol. The van der Waals surface area contributed by atoms with Gasteiger partial charge in [-0.05, 0) is 26.9 Å². The second kappa shape index (κ2) is 12.0. The Labute approximate surface area is 178 Å². The summed E-state index contributed by atoms with van der Waals surface area (Å²) in [7, 11) is 1.91. The van der Waals surface area contributed by atoms with Crippen LogP contribution < -0.4 is 5.32 Å². The maximum atomic E-state index is 12.2. The molecule has 0 bridgehead atoms. The summed E-state index contributed by atoms with van der Waals surface area (Å²) in [5.41, 5.74) is 0.951. The van der Waals surface area contributed by atoms with Crippen molar-refractivity contribution in [1.29, 1.82) is 0 Å². The van der Waals surface area contributed by atoms with Crippen LogP contribution in [0.15, 0.2) is 34.9 Å². The van der Waals surface area contributed by atoms with Crippen molar-refractivity contribution >= 4 is 30.7 Å². The van der Waals surface area contributed by atoms with Crippen molar-refractivity contribution in [3.05, 3.63) is 36.2 Å². The van der Waals surface area contributed by atoms with E-state index in [0.717, 1.165) is 44.7 Å². The molecule has 9 heteroatoms. The molecule has 1 saturated heterocycles. The highest BCUT2D eigenvalue weighted by molar-refractivity contribution is 5.85. The third kappa shape index (κ3) is 6.17. The Balaban J connectivity index is 0.00000196. The lowest BCUT2D eigenvalue weighted by Crippen LogP contribution is -2.49. The van der Waals surface area contributed by atoms with Crippen LogP contribution >= 0.6 is 24.8 Å². The molecule has 1 aromatic carbocycles. The molecule has 1 fully saturated rings. The SMILES string of the molecule is CNCCCC(=O)N1CCN(C(C)c2nc(-c3ccccc3)no2)CC1.Cl.Cl. The first-order valence-corrected chi connectivity index (χ1v) is 9.24. The largest absolute Gasteiger partial charge is 0.340 e. The summed E-state index contributed by atoms with van der Waals surface area (Å²) in [6.07, 6.45) is 1.50. The molecule has 1 aromatic heterocycles. The van der Waals surface area contributed by atoms with Crippen molar-refractivity contribution in [3.8, 4) is 11.4 Å². The van der Waals surface area contributed by atoms with Crippen LogP contribution in [0, 0.1) is 0 Å². The van der Waals surface area contributed by atoms with Crippen molar-refractivity contribution in [3.63, 3.8) is 0 Å². The van der Waals surface area contributed by atoms with Gasteiger partial charge in [-0.15, -0.1) is 24.8 Å². The lowest BCUT2D eigenvalue weighted by molar-refractivity contribution is -0.133. The molecule has 1 unspecified atom stereocenters. The van der Waals surface area contributed by atoms with E-state index in [1.54, 1.807) is 0 Å². The van der Waals surface area contributed by atoms with Crippen LogP contribution in [0.1, 0.15) is 31.7 Å². The zero-order valence-electron chi connectivity index (χ0n) is 16.3. The summed E-state index contributed by atoms with van der Waals surface area (Å²) in [5.74, 6) is 1.49. The van der Waals surface area contributed by atoms with Crippen LogP contribution in [-0.4, -0.2) is 65.6 Å². The van der Waals surface area contributed by atoms with Gasteiger partial charge in [-0.3, -0.25) is 9.69 Å². The smallest absolute Gasteiger partial charge is 0.244 e. The van der Waals surface area contributed by atoms with Crippen molar-refractivity contribution in [2.24, 2.45) is 0 Å². The molecule has 1 atom stereocenters. The van der Waals surface area contributed by atoms with Crippen molar-refractivity contribution < 1.29 is 9.32 Å². The summed E-state index contributed by atoms with van der Waals surface area (Å²) in [5, 5.41) is 7.18. The van der Waals surface area contributed by atoms with Gasteiger partial charge in [0.2, 0.25) is 17.6 Å². The first-order chi connectivity index (χ1) is 12.7. The molecule has 28 heavy (non-hydrogen) atoms. The van der Waals surface area contributed by atoms with Gasteiger partial charge in [0.05, 0.1) is 6.04 Å². The van der Waals surface area contributed by atoms with Gasteiger partial charge in [0.1, 0.15) is 0 Å². The number of rotatable bonds is 7. The average Bonchev–Trinajstić information content (AvgIpc) is 3.18. The van der Waals surface area contributed by atoms with Gasteiger partial charge in [0.15, 0.2) is 0 Å². The van der Waals surface area contributed by atoms with Crippen molar-refractivity contribution in [1.82, 2.24) is 25.3 Å². The minimum atomic E-state index is 0. The molecular formula is C19H29Cl2N5O2. The monoisotopic (exact) mass is 429 g/mol. The number of benzene rings is 1. The molecule has 2 aromatic rings. The average molecular weight is 430 g/mol. The standard InChI is InChI=1S/C19H27N5O2.2ClH/c1-15(19-21-18(22-26-19)16-7-4-3-5-8-16)23-11-13-24(14-12-23)17(25)9-6-10-20-2;;/h3-5,7-8,15,20H,6,9-14H2,1-2H3;2*1H. The summed E-state index contributed by atoms with van der Waals surface area (Å²) >= 11 is 0. The fraction of sp³-hybridized carbons (Fsp3) is 0.526. The molecule has 1 N–H and O–H groups in total. The molecule has 7 nitrogen and oxygen atoms in total. The molecule has 1 amide bonds. The van der Waals surface area contributed by atoms with E-state index < -0.39 is 0 Å². The third-order valence-electron chi connectivity index (χ3n) is 4.86. The summed E-state index contributed by atoms with van der Waals surface area (Å²) in [4.78, 5) is 21.0. The molecule has 0 radical (unpaired) electrons. The van der Waals surface area contributed by atoms with Crippen LogP contribution in [0.5, 0.6) is 0 Å². The summed E-state index contributed by atoms with van der Waals surface area (Å²) < 4.78 is 5.48.